The highest BCUT2D eigenvalue weighted by Gasteiger charge is 2.21. The van der Waals surface area contributed by atoms with Crippen molar-refractivity contribution in [2.75, 3.05) is 21.2 Å². The fourth-order valence-electron chi connectivity index (χ4n) is 1.34. The van der Waals surface area contributed by atoms with E-state index in [0.29, 0.717) is 0 Å². The summed E-state index contributed by atoms with van der Waals surface area (Å²) >= 11 is 0. The maximum atomic E-state index is 13.6. The summed E-state index contributed by atoms with van der Waals surface area (Å²) in [6.07, 6.45) is 0. The molecule has 0 aliphatic heterocycles. The van der Waals surface area contributed by atoms with Gasteiger partial charge in [-0.05, 0) is 13.0 Å². The minimum Gasteiger partial charge on any atom is -0.491 e. The summed E-state index contributed by atoms with van der Waals surface area (Å²) in [6, 6.07) is 0.986. The van der Waals surface area contributed by atoms with Crippen molar-refractivity contribution in [1.82, 2.24) is 4.90 Å². The predicted molar refractivity (Wildman–Crippen MR) is 67.0 cm³/mol. The topological polar surface area (TPSA) is 29.5 Å². The molecule has 1 rings (SSSR count). The molecule has 0 spiro atoms. The van der Waals surface area contributed by atoms with E-state index in [2.05, 4.69) is 4.74 Å². The number of nitrogens with zero attached hydrogens (tertiary/aromatic N) is 1. The van der Waals surface area contributed by atoms with Crippen molar-refractivity contribution in [3.8, 4) is 5.75 Å². The molecule has 102 valence electrons. The molecule has 1 aromatic carbocycles. The first kappa shape index (κ1) is 16.4. The van der Waals surface area contributed by atoms with Gasteiger partial charge in [0, 0.05) is 25.2 Å². The van der Waals surface area contributed by atoms with Crippen LogP contribution in [0.1, 0.15) is 29.8 Å². The van der Waals surface area contributed by atoms with Crippen LogP contribution in [0.3, 0.4) is 0 Å². The van der Waals surface area contributed by atoms with Gasteiger partial charge < -0.3 is 9.64 Å². The van der Waals surface area contributed by atoms with Crippen molar-refractivity contribution in [1.29, 1.82) is 0 Å². The first-order valence-electron chi connectivity index (χ1n) is 5.64. The number of benzene rings is 1. The van der Waals surface area contributed by atoms with Gasteiger partial charge in [0.2, 0.25) is 0 Å². The highest BCUT2D eigenvalue weighted by molar-refractivity contribution is 5.95. The van der Waals surface area contributed by atoms with Gasteiger partial charge in [0.05, 0.1) is 7.11 Å². The van der Waals surface area contributed by atoms with E-state index in [1.807, 2.05) is 13.8 Å². The summed E-state index contributed by atoms with van der Waals surface area (Å²) < 4.78 is 31.6. The van der Waals surface area contributed by atoms with Gasteiger partial charge in [-0.2, -0.15) is 0 Å². The molecular formula is C13H19F2NO2. The van der Waals surface area contributed by atoms with E-state index in [1.165, 1.54) is 33.0 Å². The number of amides is 1. The summed E-state index contributed by atoms with van der Waals surface area (Å²) in [7, 11) is 4.21. The Labute approximate surface area is 106 Å². The molecule has 18 heavy (non-hydrogen) atoms. The minimum atomic E-state index is -0.879. The van der Waals surface area contributed by atoms with E-state index >= 15 is 0 Å². The fraction of sp³-hybridized carbons (Fsp3) is 0.462. The zero-order chi connectivity index (χ0) is 14.5. The lowest BCUT2D eigenvalue weighted by molar-refractivity contribution is 0.0825. The number of hydrogen-bond acceptors (Lipinski definition) is 2. The number of hydrogen-bond donors (Lipinski definition) is 0. The molecule has 0 aliphatic carbocycles. The third-order valence-corrected chi connectivity index (χ3v) is 2.26. The smallest absolute Gasteiger partial charge is 0.253 e. The zero-order valence-corrected chi connectivity index (χ0v) is 11.6. The number of rotatable bonds is 2. The summed E-state index contributed by atoms with van der Waals surface area (Å²) in [5.41, 5.74) is 0.0813. The van der Waals surface area contributed by atoms with Gasteiger partial charge in [0.15, 0.2) is 17.4 Å². The van der Waals surface area contributed by atoms with Crippen LogP contribution in [-0.2, 0) is 0 Å². The molecule has 0 saturated carbocycles. The molecule has 0 saturated heterocycles. The van der Waals surface area contributed by atoms with Crippen molar-refractivity contribution in [3.05, 3.63) is 28.8 Å². The Kier molecular flexibility index (Phi) is 6.30. The predicted octanol–water partition coefficient (Wildman–Crippen LogP) is 3.01. The molecule has 5 heteroatoms. The maximum absolute atomic E-state index is 13.6. The fourth-order valence-corrected chi connectivity index (χ4v) is 1.34. The van der Waals surface area contributed by atoms with E-state index < -0.39 is 23.3 Å². The maximum Gasteiger partial charge on any atom is 0.253 e. The van der Waals surface area contributed by atoms with E-state index in [9.17, 15) is 13.6 Å². The zero-order valence-electron chi connectivity index (χ0n) is 11.6. The normalized spacial score (nSPS) is 9.33. The van der Waals surface area contributed by atoms with Crippen molar-refractivity contribution < 1.29 is 18.3 Å². The Morgan fingerprint density at radius 1 is 1.28 bits per heavy atom. The van der Waals surface area contributed by atoms with Gasteiger partial charge in [-0.1, -0.05) is 13.8 Å². The van der Waals surface area contributed by atoms with Crippen LogP contribution in [0.5, 0.6) is 5.75 Å². The highest BCUT2D eigenvalue weighted by atomic mass is 19.1. The standard InChI is InChI=1S/C11H13F2NO2.C2H6/c1-6-7(11(15)14(2)3)5-8(12)10(16-4)9(6)13;1-2/h5H,1-4H3;1-2H3. The molecule has 0 unspecified atom stereocenters. The lowest BCUT2D eigenvalue weighted by atomic mass is 10.1. The number of ether oxygens (including phenoxy) is 1. The Morgan fingerprint density at radius 2 is 1.78 bits per heavy atom. The van der Waals surface area contributed by atoms with Gasteiger partial charge in [0.1, 0.15) is 0 Å². The minimum absolute atomic E-state index is 0.000741. The van der Waals surface area contributed by atoms with Gasteiger partial charge in [-0.3, -0.25) is 4.79 Å². The molecule has 0 bridgehead atoms. The van der Waals surface area contributed by atoms with Crippen LogP contribution in [0, 0.1) is 18.6 Å². The van der Waals surface area contributed by atoms with E-state index in [-0.39, 0.29) is 11.1 Å². The quantitative estimate of drug-likeness (QED) is 0.817. The van der Waals surface area contributed by atoms with Crippen LogP contribution >= 0.6 is 0 Å². The van der Waals surface area contributed by atoms with Crippen LogP contribution in [0.15, 0.2) is 6.07 Å². The van der Waals surface area contributed by atoms with E-state index in [1.54, 1.807) is 0 Å². The number of carbonyl (C=O) groups excluding carboxylic acids is 1. The molecule has 0 heterocycles. The number of halogens is 2. The number of methoxy groups -OCH3 is 1. The second kappa shape index (κ2) is 6.93. The molecular weight excluding hydrogens is 240 g/mol. The molecule has 0 aliphatic rings. The molecule has 0 N–H and O–H groups in total. The molecule has 0 aromatic heterocycles. The highest BCUT2D eigenvalue weighted by Crippen LogP contribution is 2.27. The van der Waals surface area contributed by atoms with Crippen molar-refractivity contribution >= 4 is 5.91 Å². The Balaban J connectivity index is 0.00000137. The van der Waals surface area contributed by atoms with Crippen LogP contribution in [-0.4, -0.2) is 32.0 Å². The van der Waals surface area contributed by atoms with Crippen molar-refractivity contribution in [2.45, 2.75) is 20.8 Å². The molecule has 0 fully saturated rings. The van der Waals surface area contributed by atoms with Crippen LogP contribution in [0.4, 0.5) is 8.78 Å². The Morgan fingerprint density at radius 3 is 2.17 bits per heavy atom. The van der Waals surface area contributed by atoms with Crippen molar-refractivity contribution in [2.24, 2.45) is 0 Å². The Bertz CT molecular complexity index is 431. The average molecular weight is 259 g/mol. The van der Waals surface area contributed by atoms with E-state index in [4.69, 9.17) is 0 Å². The van der Waals surface area contributed by atoms with Gasteiger partial charge in [-0.25, -0.2) is 8.78 Å². The van der Waals surface area contributed by atoms with E-state index in [0.717, 1.165) is 6.07 Å². The van der Waals surface area contributed by atoms with Gasteiger partial charge in [0.25, 0.3) is 5.91 Å². The number of carbonyl (C=O) groups is 1. The molecule has 3 nitrogen and oxygen atoms in total. The van der Waals surface area contributed by atoms with Crippen LogP contribution in [0.25, 0.3) is 0 Å². The van der Waals surface area contributed by atoms with Gasteiger partial charge in [-0.15, -0.1) is 0 Å². The van der Waals surface area contributed by atoms with Crippen LogP contribution in [0.2, 0.25) is 0 Å². The van der Waals surface area contributed by atoms with Crippen LogP contribution < -0.4 is 4.74 Å². The summed E-state index contributed by atoms with van der Waals surface area (Å²) in [5, 5.41) is 0. The third kappa shape index (κ3) is 3.18. The Hall–Kier alpha value is -1.65. The molecule has 1 aromatic rings. The monoisotopic (exact) mass is 259 g/mol. The first-order valence-corrected chi connectivity index (χ1v) is 5.64. The summed E-state index contributed by atoms with van der Waals surface area (Å²) in [4.78, 5) is 12.9. The second-order valence-corrected chi connectivity index (χ2v) is 3.58. The van der Waals surface area contributed by atoms with Gasteiger partial charge >= 0.3 is 0 Å². The molecule has 0 radical (unpaired) electrons. The molecule has 0 atom stereocenters. The lowest BCUT2D eigenvalue weighted by Gasteiger charge is -2.14. The van der Waals surface area contributed by atoms with Crippen molar-refractivity contribution in [3.63, 3.8) is 0 Å². The summed E-state index contributed by atoms with van der Waals surface area (Å²) in [6.45, 7) is 5.41. The average Bonchev–Trinajstić information content (AvgIpc) is 2.36. The lowest BCUT2D eigenvalue weighted by Crippen LogP contribution is -2.23. The summed E-state index contributed by atoms with van der Waals surface area (Å²) in [5.74, 6) is -2.63. The first-order chi connectivity index (χ1) is 8.40. The third-order valence-electron chi connectivity index (χ3n) is 2.26. The molecule has 1 amide bonds. The second-order valence-electron chi connectivity index (χ2n) is 3.58. The largest absolute Gasteiger partial charge is 0.491 e. The SMILES string of the molecule is CC.COc1c(F)cc(C(=O)N(C)C)c(C)c1F.